The van der Waals surface area contributed by atoms with Crippen molar-refractivity contribution in [2.75, 3.05) is 51.3 Å². The number of benzene rings is 2. The number of anilines is 1. The van der Waals surface area contributed by atoms with Crippen LogP contribution in [0.25, 0.3) is 11.0 Å². The lowest BCUT2D eigenvalue weighted by Gasteiger charge is -2.36. The molecule has 1 N–H and O–H groups in total. The topological polar surface area (TPSA) is 70.8 Å². The van der Waals surface area contributed by atoms with E-state index in [1.165, 1.54) is 5.69 Å². The van der Waals surface area contributed by atoms with Gasteiger partial charge in [0.2, 0.25) is 5.91 Å². The highest BCUT2D eigenvalue weighted by Crippen LogP contribution is 2.20. The molecule has 1 aromatic heterocycles. The molecule has 0 aliphatic carbocycles. The number of carbonyl (C=O) groups excluding carboxylic acids is 1. The molecule has 1 aliphatic heterocycles. The first-order valence-corrected chi connectivity index (χ1v) is 9.94. The highest BCUT2D eigenvalue weighted by atomic mass is 16.5. The predicted octanol–water partition coefficient (Wildman–Crippen LogP) is 2.32. The van der Waals surface area contributed by atoms with Crippen LogP contribution in [0.15, 0.2) is 53.1 Å². The zero-order valence-corrected chi connectivity index (χ0v) is 16.6. The fraction of sp³-hybridized carbons (Fsp3) is 0.364. The quantitative estimate of drug-likeness (QED) is 0.663. The molecular formula is C22H26N4O3. The molecule has 0 atom stereocenters. The summed E-state index contributed by atoms with van der Waals surface area (Å²) in [6.45, 7) is 5.40. The largest absolute Gasteiger partial charge is 0.497 e. The molecule has 1 amide bonds. The lowest BCUT2D eigenvalue weighted by atomic mass is 10.1. The molecule has 0 radical (unpaired) electrons. The fourth-order valence-corrected chi connectivity index (χ4v) is 3.66. The molecule has 29 heavy (non-hydrogen) atoms. The van der Waals surface area contributed by atoms with Gasteiger partial charge in [-0.3, -0.25) is 9.69 Å². The number of carbonyl (C=O) groups is 1. The number of rotatable bonds is 7. The third-order valence-corrected chi connectivity index (χ3v) is 5.34. The zero-order valence-electron chi connectivity index (χ0n) is 16.6. The maximum Gasteiger partial charge on any atom is 0.226 e. The minimum atomic E-state index is -0.0269. The standard InChI is InChI=1S/C22H26N4O3/c1-28-18-8-6-17(7-9-18)26-14-12-25(13-15-26)11-10-23-22(27)16-20-19-4-2-3-5-21(19)29-24-20/h2-9H,10-16H2,1H3,(H,23,27). The van der Waals surface area contributed by atoms with Gasteiger partial charge in [-0.05, 0) is 36.4 Å². The van der Waals surface area contributed by atoms with E-state index in [-0.39, 0.29) is 12.3 Å². The summed E-state index contributed by atoms with van der Waals surface area (Å²) >= 11 is 0. The van der Waals surface area contributed by atoms with E-state index < -0.39 is 0 Å². The van der Waals surface area contributed by atoms with Gasteiger partial charge in [-0.2, -0.15) is 0 Å². The number of fused-ring (bicyclic) bond motifs is 1. The minimum Gasteiger partial charge on any atom is -0.497 e. The van der Waals surface area contributed by atoms with Crippen molar-refractivity contribution in [2.45, 2.75) is 6.42 Å². The van der Waals surface area contributed by atoms with E-state index in [4.69, 9.17) is 9.26 Å². The molecule has 152 valence electrons. The molecule has 7 nitrogen and oxygen atoms in total. The Morgan fingerprint density at radius 1 is 1.10 bits per heavy atom. The molecule has 0 spiro atoms. The first-order chi connectivity index (χ1) is 14.2. The predicted molar refractivity (Wildman–Crippen MR) is 112 cm³/mol. The summed E-state index contributed by atoms with van der Waals surface area (Å²) in [6.07, 6.45) is 0.238. The Bertz CT molecular complexity index is 946. The van der Waals surface area contributed by atoms with E-state index in [1.807, 2.05) is 36.4 Å². The van der Waals surface area contributed by atoms with Crippen molar-refractivity contribution in [2.24, 2.45) is 0 Å². The Morgan fingerprint density at radius 2 is 1.86 bits per heavy atom. The van der Waals surface area contributed by atoms with E-state index >= 15 is 0 Å². The number of hydrogen-bond donors (Lipinski definition) is 1. The lowest BCUT2D eigenvalue weighted by Crippen LogP contribution is -2.48. The van der Waals surface area contributed by atoms with Crippen LogP contribution in [0.5, 0.6) is 5.75 Å². The average Bonchev–Trinajstić information content (AvgIpc) is 3.17. The summed E-state index contributed by atoms with van der Waals surface area (Å²) in [4.78, 5) is 17.0. The van der Waals surface area contributed by atoms with E-state index in [0.29, 0.717) is 17.8 Å². The zero-order chi connectivity index (χ0) is 20.1. The molecule has 4 rings (SSSR count). The normalized spacial score (nSPS) is 14.9. The Balaban J connectivity index is 1.19. The summed E-state index contributed by atoms with van der Waals surface area (Å²) in [5, 5.41) is 7.92. The maximum atomic E-state index is 12.3. The van der Waals surface area contributed by atoms with E-state index in [2.05, 4.69) is 32.4 Å². The Morgan fingerprint density at radius 3 is 2.62 bits per heavy atom. The minimum absolute atomic E-state index is 0.0269. The van der Waals surface area contributed by atoms with Gasteiger partial charge in [0.25, 0.3) is 0 Å². The van der Waals surface area contributed by atoms with Crippen molar-refractivity contribution >= 4 is 22.6 Å². The van der Waals surface area contributed by atoms with E-state index in [9.17, 15) is 4.79 Å². The monoisotopic (exact) mass is 394 g/mol. The first kappa shape index (κ1) is 19.3. The smallest absolute Gasteiger partial charge is 0.226 e. The van der Waals surface area contributed by atoms with Crippen LogP contribution in [0.2, 0.25) is 0 Å². The molecule has 2 aromatic carbocycles. The van der Waals surface area contributed by atoms with Crippen LogP contribution in [0, 0.1) is 0 Å². The summed E-state index contributed by atoms with van der Waals surface area (Å²) in [7, 11) is 1.68. The second-order valence-electron chi connectivity index (χ2n) is 7.18. The SMILES string of the molecule is COc1ccc(N2CCN(CCNC(=O)Cc3noc4ccccc34)CC2)cc1. The highest BCUT2D eigenvalue weighted by Gasteiger charge is 2.17. The first-order valence-electron chi connectivity index (χ1n) is 9.94. The van der Waals surface area contributed by atoms with Crippen molar-refractivity contribution in [3.05, 3.63) is 54.2 Å². The number of hydrogen-bond acceptors (Lipinski definition) is 6. The summed E-state index contributed by atoms with van der Waals surface area (Å²) in [5.41, 5.74) is 2.62. The maximum absolute atomic E-state index is 12.3. The lowest BCUT2D eigenvalue weighted by molar-refractivity contribution is -0.120. The van der Waals surface area contributed by atoms with E-state index in [1.54, 1.807) is 7.11 Å². The van der Waals surface area contributed by atoms with Gasteiger partial charge in [0.05, 0.1) is 13.5 Å². The van der Waals surface area contributed by atoms with Crippen molar-refractivity contribution in [3.8, 4) is 5.75 Å². The van der Waals surface area contributed by atoms with Gasteiger partial charge in [-0.25, -0.2) is 0 Å². The van der Waals surface area contributed by atoms with Gasteiger partial charge >= 0.3 is 0 Å². The molecule has 1 aliphatic rings. The van der Waals surface area contributed by atoms with Crippen molar-refractivity contribution in [1.82, 2.24) is 15.4 Å². The molecule has 2 heterocycles. The summed E-state index contributed by atoms with van der Waals surface area (Å²) in [5.74, 6) is 0.850. The third kappa shape index (κ3) is 4.68. The van der Waals surface area contributed by atoms with Crippen LogP contribution in [0.3, 0.4) is 0 Å². The molecule has 0 unspecified atom stereocenters. The number of nitrogens with one attached hydrogen (secondary N) is 1. The van der Waals surface area contributed by atoms with Crippen LogP contribution < -0.4 is 15.0 Å². The number of piperazine rings is 1. The second-order valence-corrected chi connectivity index (χ2v) is 7.18. The van der Waals surface area contributed by atoms with Crippen LogP contribution in [-0.4, -0.2) is 62.3 Å². The Labute approximate surface area is 170 Å². The van der Waals surface area contributed by atoms with Crippen LogP contribution >= 0.6 is 0 Å². The third-order valence-electron chi connectivity index (χ3n) is 5.34. The molecule has 3 aromatic rings. The van der Waals surface area contributed by atoms with Gasteiger partial charge in [-0.15, -0.1) is 0 Å². The molecule has 1 fully saturated rings. The number of methoxy groups -OCH3 is 1. The summed E-state index contributed by atoms with van der Waals surface area (Å²) < 4.78 is 10.5. The molecular weight excluding hydrogens is 368 g/mol. The molecule has 7 heteroatoms. The van der Waals surface area contributed by atoms with Crippen LogP contribution in [0.4, 0.5) is 5.69 Å². The fourth-order valence-electron chi connectivity index (χ4n) is 3.66. The second kappa shape index (κ2) is 8.96. The highest BCUT2D eigenvalue weighted by molar-refractivity contribution is 5.86. The summed E-state index contributed by atoms with van der Waals surface area (Å²) in [6, 6.07) is 15.8. The Kier molecular flexibility index (Phi) is 5.95. The number of para-hydroxylation sites is 1. The van der Waals surface area contributed by atoms with Gasteiger partial charge in [0, 0.05) is 50.3 Å². The van der Waals surface area contributed by atoms with Gasteiger partial charge in [0.1, 0.15) is 11.4 Å². The molecule has 0 saturated carbocycles. The van der Waals surface area contributed by atoms with Crippen molar-refractivity contribution in [3.63, 3.8) is 0 Å². The van der Waals surface area contributed by atoms with Gasteiger partial charge in [-0.1, -0.05) is 17.3 Å². The molecule has 1 saturated heterocycles. The number of ether oxygens (including phenoxy) is 1. The molecule has 0 bridgehead atoms. The van der Waals surface area contributed by atoms with Crippen molar-refractivity contribution < 1.29 is 14.1 Å². The van der Waals surface area contributed by atoms with Crippen LogP contribution in [-0.2, 0) is 11.2 Å². The van der Waals surface area contributed by atoms with Gasteiger partial charge in [0.15, 0.2) is 5.58 Å². The number of nitrogens with zero attached hydrogens (tertiary/aromatic N) is 3. The number of amides is 1. The van der Waals surface area contributed by atoms with Gasteiger partial charge < -0.3 is 19.5 Å². The van der Waals surface area contributed by atoms with E-state index in [0.717, 1.165) is 43.9 Å². The van der Waals surface area contributed by atoms with Crippen molar-refractivity contribution in [1.29, 1.82) is 0 Å². The average molecular weight is 394 g/mol. The van der Waals surface area contributed by atoms with Crippen LogP contribution in [0.1, 0.15) is 5.69 Å². The number of aromatic nitrogens is 1. The Hall–Kier alpha value is -3.06.